The Labute approximate surface area is 118 Å². The highest BCUT2D eigenvalue weighted by atomic mass is 35.5. The Balaban J connectivity index is 1.99. The van der Waals surface area contributed by atoms with Crippen LogP contribution < -0.4 is 10.6 Å². The molecule has 19 heavy (non-hydrogen) atoms. The molecule has 106 valence electrons. The molecule has 2 heterocycles. The van der Waals surface area contributed by atoms with Gasteiger partial charge >= 0.3 is 0 Å². The lowest BCUT2D eigenvalue weighted by Gasteiger charge is -2.39. The van der Waals surface area contributed by atoms with E-state index in [1.165, 1.54) is 12.3 Å². The second kappa shape index (κ2) is 6.50. The Morgan fingerprint density at radius 3 is 2.63 bits per heavy atom. The van der Waals surface area contributed by atoms with Crippen LogP contribution in [0.25, 0.3) is 0 Å². The maximum Gasteiger partial charge on any atom is 0.167 e. The van der Waals surface area contributed by atoms with Crippen LogP contribution in [0.1, 0.15) is 13.3 Å². The van der Waals surface area contributed by atoms with Gasteiger partial charge in [-0.05, 0) is 12.5 Å². The third-order valence-electron chi connectivity index (χ3n) is 3.66. The topological polar surface area (TPSA) is 45.4 Å². The van der Waals surface area contributed by atoms with Crippen LogP contribution in [0.3, 0.4) is 0 Å². The summed E-state index contributed by atoms with van der Waals surface area (Å²) in [5, 5.41) is 0.328. The van der Waals surface area contributed by atoms with Crippen molar-refractivity contribution in [3.8, 4) is 0 Å². The van der Waals surface area contributed by atoms with Crippen LogP contribution in [0.15, 0.2) is 12.3 Å². The van der Waals surface area contributed by atoms with Crippen molar-refractivity contribution in [3.05, 3.63) is 23.1 Å². The average molecular weight is 287 g/mol. The molecule has 1 saturated heterocycles. The summed E-state index contributed by atoms with van der Waals surface area (Å²) in [6.07, 6.45) is 2.53. The molecule has 0 radical (unpaired) electrons. The third kappa shape index (κ3) is 3.35. The first-order chi connectivity index (χ1) is 9.15. The number of aromatic nitrogens is 1. The molecule has 4 nitrogen and oxygen atoms in total. The van der Waals surface area contributed by atoms with Gasteiger partial charge < -0.3 is 10.6 Å². The van der Waals surface area contributed by atoms with E-state index in [0.717, 1.165) is 32.6 Å². The van der Waals surface area contributed by atoms with Gasteiger partial charge in [-0.1, -0.05) is 18.5 Å². The molecule has 1 aromatic heterocycles. The fraction of sp³-hybridized carbons (Fsp3) is 0.615. The molecule has 1 aromatic rings. The minimum atomic E-state index is -0.355. The number of hydrogen-bond acceptors (Lipinski definition) is 4. The first-order valence-electron chi connectivity index (χ1n) is 6.65. The summed E-state index contributed by atoms with van der Waals surface area (Å²) in [6.45, 7) is 6.12. The maximum absolute atomic E-state index is 13.8. The molecule has 1 aliphatic heterocycles. The number of piperazine rings is 1. The Bertz CT molecular complexity index is 417. The zero-order valence-electron chi connectivity index (χ0n) is 11.1. The highest BCUT2D eigenvalue weighted by molar-refractivity contribution is 6.30. The lowest BCUT2D eigenvalue weighted by molar-refractivity contribution is 0.184. The first kappa shape index (κ1) is 14.5. The molecule has 0 aliphatic carbocycles. The number of halogens is 2. The van der Waals surface area contributed by atoms with Crippen LogP contribution in [0, 0.1) is 5.82 Å². The molecule has 2 N–H and O–H groups in total. The van der Waals surface area contributed by atoms with Gasteiger partial charge in [0.15, 0.2) is 11.6 Å². The molecule has 0 bridgehead atoms. The van der Waals surface area contributed by atoms with E-state index < -0.39 is 0 Å². The zero-order chi connectivity index (χ0) is 13.8. The molecular formula is C13H20ClFN4. The normalized spacial score (nSPS) is 18.6. The van der Waals surface area contributed by atoms with Crippen LogP contribution in [0.2, 0.25) is 5.02 Å². The van der Waals surface area contributed by atoms with Crippen LogP contribution in [-0.4, -0.2) is 48.6 Å². The van der Waals surface area contributed by atoms with Crippen molar-refractivity contribution in [2.75, 3.05) is 37.6 Å². The van der Waals surface area contributed by atoms with Crippen molar-refractivity contribution >= 4 is 17.4 Å². The Hall–Kier alpha value is -0.910. The quantitative estimate of drug-likeness (QED) is 0.916. The van der Waals surface area contributed by atoms with Gasteiger partial charge in [-0.3, -0.25) is 4.90 Å². The highest BCUT2D eigenvalue weighted by Crippen LogP contribution is 2.21. The van der Waals surface area contributed by atoms with Gasteiger partial charge in [-0.25, -0.2) is 9.37 Å². The van der Waals surface area contributed by atoms with Crippen molar-refractivity contribution in [2.45, 2.75) is 19.4 Å². The SMILES string of the molecule is CCC(CN)N1CCN(c2ncc(Cl)cc2F)CC1. The van der Waals surface area contributed by atoms with Gasteiger partial charge in [-0.15, -0.1) is 0 Å². The first-order valence-corrected chi connectivity index (χ1v) is 7.03. The largest absolute Gasteiger partial charge is 0.352 e. The summed E-state index contributed by atoms with van der Waals surface area (Å²) in [5.41, 5.74) is 5.76. The van der Waals surface area contributed by atoms with E-state index >= 15 is 0 Å². The van der Waals surface area contributed by atoms with Crippen LogP contribution >= 0.6 is 11.6 Å². The molecule has 0 spiro atoms. The standard InChI is InChI=1S/C13H20ClFN4/c1-2-11(8-16)18-3-5-19(6-4-18)13-12(15)7-10(14)9-17-13/h7,9,11H,2-6,8,16H2,1H3. The fourth-order valence-electron chi connectivity index (χ4n) is 2.51. The van der Waals surface area contributed by atoms with Gasteiger partial charge in [0, 0.05) is 45.0 Å². The lowest BCUT2D eigenvalue weighted by atomic mass is 10.1. The summed E-state index contributed by atoms with van der Waals surface area (Å²) in [5.74, 6) is 0.0386. The molecule has 1 fully saturated rings. The number of nitrogens with two attached hydrogens (primary N) is 1. The number of hydrogen-bond donors (Lipinski definition) is 1. The number of anilines is 1. The predicted molar refractivity (Wildman–Crippen MR) is 76.1 cm³/mol. The summed E-state index contributed by atoms with van der Waals surface area (Å²) in [7, 11) is 0. The van der Waals surface area contributed by atoms with E-state index in [2.05, 4.69) is 16.8 Å². The van der Waals surface area contributed by atoms with E-state index in [1.54, 1.807) is 0 Å². The molecule has 2 rings (SSSR count). The molecule has 1 unspecified atom stereocenters. The summed E-state index contributed by atoms with van der Waals surface area (Å²) in [4.78, 5) is 8.42. The lowest BCUT2D eigenvalue weighted by Crippen LogP contribution is -2.52. The molecule has 0 amide bonds. The summed E-state index contributed by atoms with van der Waals surface area (Å²) >= 11 is 5.72. The second-order valence-corrected chi connectivity index (χ2v) is 5.22. The van der Waals surface area contributed by atoms with Crippen LogP contribution in [-0.2, 0) is 0 Å². The maximum atomic E-state index is 13.8. The van der Waals surface area contributed by atoms with E-state index in [9.17, 15) is 4.39 Å². The summed E-state index contributed by atoms with van der Waals surface area (Å²) < 4.78 is 13.8. The Morgan fingerprint density at radius 2 is 2.11 bits per heavy atom. The zero-order valence-corrected chi connectivity index (χ0v) is 11.9. The fourth-order valence-corrected chi connectivity index (χ4v) is 2.66. The third-order valence-corrected chi connectivity index (χ3v) is 3.87. The van der Waals surface area contributed by atoms with Crippen molar-refractivity contribution in [3.63, 3.8) is 0 Å². The van der Waals surface area contributed by atoms with Crippen molar-refractivity contribution in [2.24, 2.45) is 5.73 Å². The highest BCUT2D eigenvalue weighted by Gasteiger charge is 2.24. The smallest absolute Gasteiger partial charge is 0.167 e. The van der Waals surface area contributed by atoms with Gasteiger partial charge in [0.1, 0.15) is 0 Å². The van der Waals surface area contributed by atoms with E-state index in [-0.39, 0.29) is 5.82 Å². The van der Waals surface area contributed by atoms with Gasteiger partial charge in [0.05, 0.1) is 5.02 Å². The molecular weight excluding hydrogens is 267 g/mol. The number of nitrogens with zero attached hydrogens (tertiary/aromatic N) is 3. The molecule has 0 saturated carbocycles. The molecule has 1 aliphatic rings. The average Bonchev–Trinajstić information content (AvgIpc) is 2.41. The van der Waals surface area contributed by atoms with Crippen molar-refractivity contribution in [1.82, 2.24) is 9.88 Å². The van der Waals surface area contributed by atoms with E-state index in [4.69, 9.17) is 17.3 Å². The van der Waals surface area contributed by atoms with Crippen molar-refractivity contribution in [1.29, 1.82) is 0 Å². The monoisotopic (exact) mass is 286 g/mol. The molecule has 0 aromatic carbocycles. The van der Waals surface area contributed by atoms with E-state index in [1.807, 2.05) is 4.90 Å². The second-order valence-electron chi connectivity index (χ2n) is 4.78. The minimum absolute atomic E-state index is 0.328. The van der Waals surface area contributed by atoms with Gasteiger partial charge in [-0.2, -0.15) is 0 Å². The van der Waals surface area contributed by atoms with Gasteiger partial charge in [0.25, 0.3) is 0 Å². The molecule has 6 heteroatoms. The van der Waals surface area contributed by atoms with E-state index in [0.29, 0.717) is 23.4 Å². The predicted octanol–water partition coefficient (Wildman–Crippen LogP) is 1.73. The minimum Gasteiger partial charge on any atom is -0.352 e. The van der Waals surface area contributed by atoms with Crippen molar-refractivity contribution < 1.29 is 4.39 Å². The Morgan fingerprint density at radius 1 is 1.42 bits per heavy atom. The molecule has 1 atom stereocenters. The van der Waals surface area contributed by atoms with Crippen LogP contribution in [0.4, 0.5) is 10.2 Å². The number of rotatable bonds is 4. The summed E-state index contributed by atoms with van der Waals surface area (Å²) in [6, 6.07) is 1.73. The van der Waals surface area contributed by atoms with Crippen LogP contribution in [0.5, 0.6) is 0 Å². The Kier molecular flexibility index (Phi) is 4.96. The van der Waals surface area contributed by atoms with Gasteiger partial charge in [0.2, 0.25) is 0 Å². The number of pyridine rings is 1.